The predicted octanol–water partition coefficient (Wildman–Crippen LogP) is 1.43. The minimum atomic E-state index is -0.160. The second-order valence-electron chi connectivity index (χ2n) is 4.52. The maximum absolute atomic E-state index is 11.6. The van der Waals surface area contributed by atoms with Gasteiger partial charge in [0.25, 0.3) is 0 Å². The van der Waals surface area contributed by atoms with Gasteiger partial charge in [0.15, 0.2) is 0 Å². The van der Waals surface area contributed by atoms with E-state index in [-0.39, 0.29) is 12.0 Å². The molecule has 4 nitrogen and oxygen atoms in total. The number of carbonyl (C=O) groups is 1. The maximum atomic E-state index is 11.6. The van der Waals surface area contributed by atoms with Crippen LogP contribution in [0.15, 0.2) is 18.5 Å². The fraction of sp³-hybridized carbons (Fsp3) is 0.538. The normalized spacial score (nSPS) is 16.6. The molecule has 1 N–H and O–H groups in total. The zero-order valence-electron chi connectivity index (χ0n) is 10.3. The van der Waals surface area contributed by atoms with Crippen molar-refractivity contribution in [2.24, 2.45) is 5.92 Å². The van der Waals surface area contributed by atoms with Crippen molar-refractivity contribution < 1.29 is 9.53 Å². The molecule has 4 heteroatoms. The van der Waals surface area contributed by atoms with Crippen molar-refractivity contribution in [3.63, 3.8) is 0 Å². The van der Waals surface area contributed by atoms with Crippen LogP contribution in [-0.2, 0) is 16.1 Å². The van der Waals surface area contributed by atoms with Gasteiger partial charge in [-0.25, -0.2) is 0 Å². The summed E-state index contributed by atoms with van der Waals surface area (Å²) in [4.78, 5) is 15.7. The second-order valence-corrected chi connectivity index (χ2v) is 4.52. The third-order valence-corrected chi connectivity index (χ3v) is 3.20. The molecule has 0 saturated heterocycles. The fourth-order valence-corrected chi connectivity index (χ4v) is 1.92. The van der Waals surface area contributed by atoms with E-state index in [0.29, 0.717) is 12.5 Å². The molecule has 1 aliphatic rings. The van der Waals surface area contributed by atoms with E-state index in [1.54, 1.807) is 6.20 Å². The van der Waals surface area contributed by atoms with E-state index in [1.807, 2.05) is 19.2 Å². The lowest BCUT2D eigenvalue weighted by molar-refractivity contribution is -0.143. The average molecular weight is 234 g/mol. The Bertz CT molecular complexity index is 402. The van der Waals surface area contributed by atoms with Crippen LogP contribution in [0, 0.1) is 12.8 Å². The van der Waals surface area contributed by atoms with Crippen LogP contribution in [0.4, 0.5) is 0 Å². The first-order valence-corrected chi connectivity index (χ1v) is 5.93. The number of aromatic nitrogens is 1. The van der Waals surface area contributed by atoms with Gasteiger partial charge in [-0.05, 0) is 42.9 Å². The number of ether oxygens (including phenoxy) is 1. The van der Waals surface area contributed by atoms with Gasteiger partial charge in [0, 0.05) is 18.9 Å². The summed E-state index contributed by atoms with van der Waals surface area (Å²) in [6.07, 6.45) is 5.83. The van der Waals surface area contributed by atoms with E-state index in [4.69, 9.17) is 4.74 Å². The largest absolute Gasteiger partial charge is 0.468 e. The molecule has 1 aliphatic carbocycles. The molecule has 0 amide bonds. The van der Waals surface area contributed by atoms with Gasteiger partial charge in [-0.1, -0.05) is 0 Å². The summed E-state index contributed by atoms with van der Waals surface area (Å²) >= 11 is 0. The van der Waals surface area contributed by atoms with Gasteiger partial charge < -0.3 is 10.1 Å². The molecule has 0 aliphatic heterocycles. The van der Waals surface area contributed by atoms with Crippen LogP contribution < -0.4 is 5.32 Å². The van der Waals surface area contributed by atoms with Crippen LogP contribution in [0.25, 0.3) is 0 Å². The quantitative estimate of drug-likeness (QED) is 0.783. The molecule has 1 aromatic heterocycles. The number of carbonyl (C=O) groups excluding carboxylic acids is 1. The van der Waals surface area contributed by atoms with Crippen LogP contribution in [0.1, 0.15) is 24.0 Å². The Hall–Kier alpha value is -1.42. The first-order chi connectivity index (χ1) is 8.22. The van der Waals surface area contributed by atoms with E-state index in [9.17, 15) is 4.79 Å². The van der Waals surface area contributed by atoms with Gasteiger partial charge in [-0.15, -0.1) is 0 Å². The van der Waals surface area contributed by atoms with Gasteiger partial charge in [0.1, 0.15) is 6.04 Å². The Kier molecular flexibility index (Phi) is 3.74. The first kappa shape index (κ1) is 12.0. The number of nitrogens with one attached hydrogen (secondary N) is 1. The molecule has 17 heavy (non-hydrogen) atoms. The summed E-state index contributed by atoms with van der Waals surface area (Å²) in [5, 5.41) is 3.29. The van der Waals surface area contributed by atoms with Crippen LogP contribution in [0.3, 0.4) is 0 Å². The number of aryl methyl sites for hydroxylation is 1. The highest BCUT2D eigenvalue weighted by atomic mass is 16.5. The number of esters is 1. The Morgan fingerprint density at radius 2 is 2.41 bits per heavy atom. The summed E-state index contributed by atoms with van der Waals surface area (Å²) in [6, 6.07) is 1.82. The topological polar surface area (TPSA) is 51.2 Å². The van der Waals surface area contributed by atoms with Crippen molar-refractivity contribution in [2.75, 3.05) is 7.11 Å². The molecule has 1 heterocycles. The monoisotopic (exact) mass is 234 g/mol. The number of nitrogens with zero attached hydrogens (tertiary/aromatic N) is 1. The first-order valence-electron chi connectivity index (χ1n) is 5.93. The molecular weight excluding hydrogens is 216 g/mol. The van der Waals surface area contributed by atoms with E-state index < -0.39 is 0 Å². The minimum absolute atomic E-state index is 0.154. The molecule has 1 fully saturated rings. The lowest BCUT2D eigenvalue weighted by Crippen LogP contribution is -2.39. The summed E-state index contributed by atoms with van der Waals surface area (Å²) in [5.74, 6) is 0.295. The van der Waals surface area contributed by atoms with Crippen molar-refractivity contribution in [1.82, 2.24) is 10.3 Å². The molecule has 0 bridgehead atoms. The highest BCUT2D eigenvalue weighted by molar-refractivity contribution is 5.76. The predicted molar refractivity (Wildman–Crippen MR) is 64.3 cm³/mol. The van der Waals surface area contributed by atoms with Crippen molar-refractivity contribution in [2.45, 2.75) is 32.4 Å². The van der Waals surface area contributed by atoms with Gasteiger partial charge in [-0.3, -0.25) is 9.78 Å². The lowest BCUT2D eigenvalue weighted by Gasteiger charge is -2.16. The zero-order valence-corrected chi connectivity index (χ0v) is 10.3. The van der Waals surface area contributed by atoms with E-state index in [1.165, 1.54) is 12.7 Å². The Morgan fingerprint density at radius 1 is 1.65 bits per heavy atom. The van der Waals surface area contributed by atoms with E-state index in [0.717, 1.165) is 18.4 Å². The number of pyridine rings is 1. The Labute approximate surface area is 101 Å². The smallest absolute Gasteiger partial charge is 0.323 e. The highest BCUT2D eigenvalue weighted by Gasteiger charge is 2.36. The van der Waals surface area contributed by atoms with E-state index >= 15 is 0 Å². The van der Waals surface area contributed by atoms with Crippen molar-refractivity contribution >= 4 is 5.97 Å². The number of hydrogen-bond donors (Lipinski definition) is 1. The summed E-state index contributed by atoms with van der Waals surface area (Å²) < 4.78 is 4.82. The minimum Gasteiger partial charge on any atom is -0.468 e. The average Bonchev–Trinajstić information content (AvgIpc) is 3.15. The van der Waals surface area contributed by atoms with Gasteiger partial charge in [0.2, 0.25) is 0 Å². The SMILES string of the molecule is COC(=O)C(NCc1ccncc1C)C1CC1. The van der Waals surface area contributed by atoms with Gasteiger partial charge >= 0.3 is 5.97 Å². The van der Waals surface area contributed by atoms with Crippen LogP contribution in [0.2, 0.25) is 0 Å². The molecule has 92 valence electrons. The van der Waals surface area contributed by atoms with Crippen molar-refractivity contribution in [3.05, 3.63) is 29.6 Å². The molecule has 0 radical (unpaired) electrons. The van der Waals surface area contributed by atoms with E-state index in [2.05, 4.69) is 10.3 Å². The molecule has 0 aromatic carbocycles. The molecular formula is C13H18N2O2. The summed E-state index contributed by atoms with van der Waals surface area (Å²) in [6.45, 7) is 2.71. The lowest BCUT2D eigenvalue weighted by atomic mass is 10.1. The molecule has 1 unspecified atom stereocenters. The highest BCUT2D eigenvalue weighted by Crippen LogP contribution is 2.33. The molecule has 2 rings (SSSR count). The van der Waals surface area contributed by atoms with Gasteiger partial charge in [-0.2, -0.15) is 0 Å². The fourth-order valence-electron chi connectivity index (χ4n) is 1.92. The number of hydrogen-bond acceptors (Lipinski definition) is 4. The summed E-state index contributed by atoms with van der Waals surface area (Å²) in [5.41, 5.74) is 2.31. The summed E-state index contributed by atoms with van der Waals surface area (Å²) in [7, 11) is 1.44. The van der Waals surface area contributed by atoms with Crippen LogP contribution in [-0.4, -0.2) is 24.1 Å². The maximum Gasteiger partial charge on any atom is 0.323 e. The molecule has 0 spiro atoms. The van der Waals surface area contributed by atoms with Gasteiger partial charge in [0.05, 0.1) is 7.11 Å². The third kappa shape index (κ3) is 3.03. The van der Waals surface area contributed by atoms with Crippen molar-refractivity contribution in [1.29, 1.82) is 0 Å². The Balaban J connectivity index is 1.95. The molecule has 1 saturated carbocycles. The molecule has 1 atom stereocenters. The second kappa shape index (κ2) is 5.27. The standard InChI is InChI=1S/C13H18N2O2/c1-9-7-14-6-5-11(9)8-15-12(10-3-4-10)13(16)17-2/h5-7,10,12,15H,3-4,8H2,1-2H3. The Morgan fingerprint density at radius 3 is 3.00 bits per heavy atom. The number of methoxy groups -OCH3 is 1. The number of rotatable bonds is 5. The van der Waals surface area contributed by atoms with Crippen LogP contribution >= 0.6 is 0 Å². The van der Waals surface area contributed by atoms with Crippen molar-refractivity contribution in [3.8, 4) is 0 Å². The van der Waals surface area contributed by atoms with Crippen LogP contribution in [0.5, 0.6) is 0 Å². The zero-order chi connectivity index (χ0) is 12.3. The molecule has 1 aromatic rings. The third-order valence-electron chi connectivity index (χ3n) is 3.20.